The van der Waals surface area contributed by atoms with Gasteiger partial charge in [0.05, 0.1) is 13.0 Å². The van der Waals surface area contributed by atoms with Gasteiger partial charge in [0, 0.05) is 18.3 Å². The highest BCUT2D eigenvalue weighted by Gasteiger charge is 2.31. The van der Waals surface area contributed by atoms with Crippen LogP contribution in [0.1, 0.15) is 6.92 Å². The molecule has 0 heterocycles. The molecule has 0 aliphatic heterocycles. The van der Waals surface area contributed by atoms with Crippen LogP contribution >= 0.6 is 0 Å². The Hall–Kier alpha value is -1.92. The molecule has 0 amide bonds. The maximum atomic E-state index is 12.0. The van der Waals surface area contributed by atoms with Crippen molar-refractivity contribution in [3.8, 4) is 5.75 Å². The number of hydrogen-bond acceptors (Lipinski definition) is 4. The van der Waals surface area contributed by atoms with Crippen molar-refractivity contribution >= 4 is 11.7 Å². The van der Waals surface area contributed by atoms with Crippen molar-refractivity contribution in [1.29, 1.82) is 0 Å². The zero-order chi connectivity index (χ0) is 14.5. The van der Waals surface area contributed by atoms with Crippen molar-refractivity contribution < 1.29 is 27.4 Å². The Labute approximate surface area is 108 Å². The van der Waals surface area contributed by atoms with E-state index in [4.69, 9.17) is 0 Å². The minimum Gasteiger partial charge on any atom is -0.469 e. The van der Waals surface area contributed by atoms with Crippen molar-refractivity contribution in [2.24, 2.45) is 5.92 Å². The number of carbonyl (C=O) groups is 1. The van der Waals surface area contributed by atoms with Gasteiger partial charge in [-0.2, -0.15) is 0 Å². The van der Waals surface area contributed by atoms with Gasteiger partial charge >= 0.3 is 12.3 Å². The predicted molar refractivity (Wildman–Crippen MR) is 62.8 cm³/mol. The zero-order valence-corrected chi connectivity index (χ0v) is 10.5. The van der Waals surface area contributed by atoms with Crippen molar-refractivity contribution in [2.45, 2.75) is 13.3 Å². The molecule has 0 fully saturated rings. The molecule has 0 aliphatic carbocycles. The number of ether oxygens (including phenoxy) is 2. The quantitative estimate of drug-likeness (QED) is 0.841. The molecule has 0 aromatic heterocycles. The van der Waals surface area contributed by atoms with E-state index in [0.29, 0.717) is 5.69 Å². The molecule has 1 rings (SSSR count). The van der Waals surface area contributed by atoms with Gasteiger partial charge in [0.2, 0.25) is 0 Å². The molecule has 0 bridgehead atoms. The maximum absolute atomic E-state index is 12.0. The Kier molecular flexibility index (Phi) is 5.02. The second-order valence-electron chi connectivity index (χ2n) is 3.88. The summed E-state index contributed by atoms with van der Waals surface area (Å²) in [5.74, 6) is -1.12. The van der Waals surface area contributed by atoms with E-state index in [9.17, 15) is 18.0 Å². The van der Waals surface area contributed by atoms with E-state index < -0.39 is 18.2 Å². The maximum Gasteiger partial charge on any atom is 0.573 e. The summed E-state index contributed by atoms with van der Waals surface area (Å²) < 4.78 is 44.4. The summed E-state index contributed by atoms with van der Waals surface area (Å²) in [5.41, 5.74) is 0.428. The number of anilines is 1. The van der Waals surface area contributed by atoms with Crippen LogP contribution in [0.5, 0.6) is 5.75 Å². The third-order valence-corrected chi connectivity index (χ3v) is 2.28. The van der Waals surface area contributed by atoms with Crippen molar-refractivity contribution in [1.82, 2.24) is 0 Å². The Morgan fingerprint density at radius 1 is 1.42 bits per heavy atom. The molecule has 0 saturated carbocycles. The number of benzene rings is 1. The fraction of sp³-hybridized carbons (Fsp3) is 0.417. The van der Waals surface area contributed by atoms with Crippen LogP contribution in [0, 0.1) is 5.92 Å². The number of methoxy groups -OCH3 is 1. The van der Waals surface area contributed by atoms with E-state index in [1.807, 2.05) is 0 Å². The molecule has 1 aromatic rings. The van der Waals surface area contributed by atoms with Gasteiger partial charge in [0.1, 0.15) is 5.75 Å². The van der Waals surface area contributed by atoms with Crippen LogP contribution in [0.3, 0.4) is 0 Å². The number of alkyl halides is 3. The number of carbonyl (C=O) groups excluding carboxylic acids is 1. The van der Waals surface area contributed by atoms with Crippen LogP contribution in [-0.2, 0) is 9.53 Å². The first-order chi connectivity index (χ1) is 8.81. The Bertz CT molecular complexity index is 434. The number of halogens is 3. The summed E-state index contributed by atoms with van der Waals surface area (Å²) in [6.45, 7) is 1.90. The van der Waals surface area contributed by atoms with Gasteiger partial charge in [-0.3, -0.25) is 4.79 Å². The summed E-state index contributed by atoms with van der Waals surface area (Å²) in [6.07, 6.45) is -4.72. The third-order valence-electron chi connectivity index (χ3n) is 2.28. The van der Waals surface area contributed by atoms with Crippen molar-refractivity contribution in [2.75, 3.05) is 19.0 Å². The Balaban J connectivity index is 2.60. The first-order valence-electron chi connectivity index (χ1n) is 5.49. The van der Waals surface area contributed by atoms with Gasteiger partial charge in [0.15, 0.2) is 0 Å². The Morgan fingerprint density at radius 2 is 2.11 bits per heavy atom. The minimum absolute atomic E-state index is 0.252. The molecule has 0 saturated heterocycles. The van der Waals surface area contributed by atoms with Gasteiger partial charge < -0.3 is 14.8 Å². The lowest BCUT2D eigenvalue weighted by atomic mass is 10.2. The lowest BCUT2D eigenvalue weighted by molar-refractivity contribution is -0.274. The zero-order valence-electron chi connectivity index (χ0n) is 10.5. The molecular formula is C12H14F3NO3. The van der Waals surface area contributed by atoms with E-state index in [1.54, 1.807) is 13.0 Å². The summed E-state index contributed by atoms with van der Waals surface area (Å²) in [7, 11) is 1.27. The number of nitrogens with one attached hydrogen (secondary N) is 1. The van der Waals surface area contributed by atoms with Crippen molar-refractivity contribution in [3.05, 3.63) is 24.3 Å². The second-order valence-corrected chi connectivity index (χ2v) is 3.88. The monoisotopic (exact) mass is 277 g/mol. The minimum atomic E-state index is -4.72. The fourth-order valence-electron chi connectivity index (χ4n) is 1.36. The molecule has 4 nitrogen and oxygen atoms in total. The van der Waals surface area contributed by atoms with Gasteiger partial charge in [0.25, 0.3) is 0 Å². The van der Waals surface area contributed by atoms with Gasteiger partial charge in [-0.15, -0.1) is 13.2 Å². The largest absolute Gasteiger partial charge is 0.573 e. The first-order valence-corrected chi connectivity index (χ1v) is 5.49. The van der Waals surface area contributed by atoms with E-state index in [1.165, 1.54) is 25.3 Å². The SMILES string of the molecule is COC(=O)C(C)CNc1cccc(OC(F)(F)F)c1. The molecule has 0 spiro atoms. The van der Waals surface area contributed by atoms with E-state index in [0.717, 1.165) is 0 Å². The molecular weight excluding hydrogens is 263 g/mol. The van der Waals surface area contributed by atoms with Crippen LogP contribution in [-0.4, -0.2) is 26.0 Å². The third kappa shape index (κ3) is 5.50. The first kappa shape index (κ1) is 15.1. The van der Waals surface area contributed by atoms with Crippen LogP contribution in [0.25, 0.3) is 0 Å². The summed E-state index contributed by atoms with van der Waals surface area (Å²) in [4.78, 5) is 11.2. The molecule has 0 radical (unpaired) electrons. The summed E-state index contributed by atoms with van der Waals surface area (Å²) in [6, 6.07) is 5.40. The topological polar surface area (TPSA) is 47.6 Å². The van der Waals surface area contributed by atoms with Crippen LogP contribution < -0.4 is 10.1 Å². The molecule has 0 aliphatic rings. The lowest BCUT2D eigenvalue weighted by Crippen LogP contribution is -2.21. The van der Waals surface area contributed by atoms with Crippen LogP contribution in [0.4, 0.5) is 18.9 Å². The van der Waals surface area contributed by atoms with E-state index in [-0.39, 0.29) is 12.3 Å². The molecule has 19 heavy (non-hydrogen) atoms. The predicted octanol–water partition coefficient (Wildman–Crippen LogP) is 2.81. The smallest absolute Gasteiger partial charge is 0.469 e. The summed E-state index contributed by atoms with van der Waals surface area (Å²) in [5, 5.41) is 2.84. The number of esters is 1. The fourth-order valence-corrected chi connectivity index (χ4v) is 1.36. The highest BCUT2D eigenvalue weighted by molar-refractivity contribution is 5.72. The van der Waals surface area contributed by atoms with Crippen LogP contribution in [0.2, 0.25) is 0 Å². The van der Waals surface area contributed by atoms with E-state index in [2.05, 4.69) is 14.8 Å². The highest BCUT2D eigenvalue weighted by atomic mass is 19.4. The molecule has 1 aromatic carbocycles. The highest BCUT2D eigenvalue weighted by Crippen LogP contribution is 2.25. The summed E-state index contributed by atoms with van der Waals surface area (Å²) >= 11 is 0. The molecule has 1 N–H and O–H groups in total. The normalized spacial score (nSPS) is 12.7. The standard InChI is InChI=1S/C12H14F3NO3/c1-8(11(17)18-2)7-16-9-4-3-5-10(6-9)19-12(13,14)15/h3-6,8,16H,7H2,1-2H3. The van der Waals surface area contributed by atoms with E-state index >= 15 is 0 Å². The number of hydrogen-bond donors (Lipinski definition) is 1. The molecule has 7 heteroatoms. The second kappa shape index (κ2) is 6.31. The number of rotatable bonds is 5. The lowest BCUT2D eigenvalue weighted by Gasteiger charge is -2.13. The molecule has 1 atom stereocenters. The molecule has 1 unspecified atom stereocenters. The molecule has 106 valence electrons. The van der Waals surface area contributed by atoms with Gasteiger partial charge in [-0.1, -0.05) is 13.0 Å². The average Bonchev–Trinajstić information content (AvgIpc) is 2.33. The van der Waals surface area contributed by atoms with Crippen LogP contribution in [0.15, 0.2) is 24.3 Å². The Morgan fingerprint density at radius 3 is 2.68 bits per heavy atom. The van der Waals surface area contributed by atoms with Gasteiger partial charge in [-0.25, -0.2) is 0 Å². The van der Waals surface area contributed by atoms with Gasteiger partial charge in [-0.05, 0) is 12.1 Å². The average molecular weight is 277 g/mol. The van der Waals surface area contributed by atoms with Crippen molar-refractivity contribution in [3.63, 3.8) is 0 Å².